The van der Waals surface area contributed by atoms with E-state index in [2.05, 4.69) is 46.5 Å². The molecular weight excluding hydrogens is 354 g/mol. The molecule has 1 fully saturated rings. The predicted molar refractivity (Wildman–Crippen MR) is 110 cm³/mol. The molecule has 0 aliphatic carbocycles. The van der Waals surface area contributed by atoms with Gasteiger partial charge in [0.15, 0.2) is 0 Å². The van der Waals surface area contributed by atoms with Crippen LogP contribution in [0.25, 0.3) is 10.8 Å². The Hall–Kier alpha value is -3.09. The highest BCUT2D eigenvalue weighted by molar-refractivity contribution is 5.96. The summed E-state index contributed by atoms with van der Waals surface area (Å²) in [7, 11) is 3.16. The van der Waals surface area contributed by atoms with Gasteiger partial charge >= 0.3 is 0 Å². The molecule has 0 bridgehead atoms. The molecule has 1 amide bonds. The van der Waals surface area contributed by atoms with Crippen molar-refractivity contribution < 1.29 is 14.3 Å². The molecule has 3 aromatic carbocycles. The highest BCUT2D eigenvalue weighted by Gasteiger charge is 2.31. The predicted octanol–water partition coefficient (Wildman–Crippen LogP) is 3.40. The number of carbonyl (C=O) groups excluding carboxylic acids is 1. The molecule has 0 saturated carbocycles. The summed E-state index contributed by atoms with van der Waals surface area (Å²) in [6, 6.07) is 19.6. The normalized spacial score (nSPS) is 18.8. The summed E-state index contributed by atoms with van der Waals surface area (Å²) < 4.78 is 10.6. The smallest absolute Gasteiger partial charge is 0.243 e. The largest absolute Gasteiger partial charge is 0.497 e. The van der Waals surface area contributed by atoms with Crippen LogP contribution in [0.3, 0.4) is 0 Å². The van der Waals surface area contributed by atoms with Gasteiger partial charge in [0, 0.05) is 12.1 Å². The van der Waals surface area contributed by atoms with Gasteiger partial charge in [-0.15, -0.1) is 0 Å². The van der Waals surface area contributed by atoms with E-state index in [1.165, 1.54) is 16.3 Å². The van der Waals surface area contributed by atoms with E-state index in [9.17, 15) is 4.79 Å². The van der Waals surface area contributed by atoms with Crippen LogP contribution in [0.1, 0.15) is 18.0 Å². The Morgan fingerprint density at radius 3 is 2.64 bits per heavy atom. The van der Waals surface area contributed by atoms with Crippen molar-refractivity contribution in [1.29, 1.82) is 0 Å². The lowest BCUT2D eigenvalue weighted by Crippen LogP contribution is -2.39. The summed E-state index contributed by atoms with van der Waals surface area (Å²) in [4.78, 5) is 12.8. The average molecular weight is 377 g/mol. The van der Waals surface area contributed by atoms with Crippen molar-refractivity contribution >= 4 is 22.4 Å². The van der Waals surface area contributed by atoms with Crippen LogP contribution in [-0.4, -0.2) is 26.2 Å². The Kier molecular flexibility index (Phi) is 5.14. The van der Waals surface area contributed by atoms with Crippen LogP contribution in [0, 0.1) is 0 Å². The zero-order chi connectivity index (χ0) is 19.5. The zero-order valence-electron chi connectivity index (χ0n) is 15.9. The van der Waals surface area contributed by atoms with Gasteiger partial charge in [-0.2, -0.15) is 0 Å². The van der Waals surface area contributed by atoms with Crippen molar-refractivity contribution in [2.24, 2.45) is 0 Å². The Morgan fingerprint density at radius 1 is 1.00 bits per heavy atom. The molecule has 0 radical (unpaired) electrons. The number of rotatable bonds is 5. The second-order valence-electron chi connectivity index (χ2n) is 6.75. The minimum Gasteiger partial charge on any atom is -0.497 e. The van der Waals surface area contributed by atoms with E-state index in [1.54, 1.807) is 32.4 Å². The van der Waals surface area contributed by atoms with Crippen LogP contribution in [0.5, 0.6) is 11.5 Å². The first kappa shape index (κ1) is 18.3. The van der Waals surface area contributed by atoms with Crippen molar-refractivity contribution in [3.63, 3.8) is 0 Å². The van der Waals surface area contributed by atoms with Crippen LogP contribution in [0.2, 0.25) is 0 Å². The highest BCUT2D eigenvalue weighted by atomic mass is 16.5. The number of ether oxygens (including phenoxy) is 2. The molecule has 0 spiro atoms. The third kappa shape index (κ3) is 3.52. The number of nitrogens with one attached hydrogen (secondary N) is 3. The van der Waals surface area contributed by atoms with Gasteiger partial charge in [0.2, 0.25) is 5.91 Å². The fourth-order valence-corrected chi connectivity index (χ4v) is 3.61. The number of fused-ring (bicyclic) bond motifs is 1. The quantitative estimate of drug-likeness (QED) is 0.636. The highest BCUT2D eigenvalue weighted by Crippen LogP contribution is 2.31. The van der Waals surface area contributed by atoms with Gasteiger partial charge in [-0.1, -0.05) is 42.5 Å². The molecule has 3 aromatic rings. The maximum Gasteiger partial charge on any atom is 0.243 e. The van der Waals surface area contributed by atoms with Crippen LogP contribution in [-0.2, 0) is 4.79 Å². The number of anilines is 1. The second kappa shape index (κ2) is 7.88. The van der Waals surface area contributed by atoms with Gasteiger partial charge in [0.05, 0.1) is 19.9 Å². The molecule has 1 saturated heterocycles. The summed E-state index contributed by atoms with van der Waals surface area (Å²) in [5.74, 6) is 1.12. The summed E-state index contributed by atoms with van der Waals surface area (Å²) in [6.45, 7) is 0. The third-order valence-electron chi connectivity index (χ3n) is 5.09. The number of hydrogen-bond acceptors (Lipinski definition) is 5. The molecule has 6 nitrogen and oxygen atoms in total. The van der Waals surface area contributed by atoms with Crippen molar-refractivity contribution in [3.05, 3.63) is 66.2 Å². The molecule has 1 aliphatic heterocycles. The minimum absolute atomic E-state index is 0.0552. The van der Waals surface area contributed by atoms with E-state index in [1.807, 2.05) is 12.1 Å². The van der Waals surface area contributed by atoms with Gasteiger partial charge in [-0.3, -0.25) is 4.79 Å². The standard InChI is InChI=1S/C22H23N3O3/c1-27-15-10-11-18(21(12-15)28-2)23-22(26)20-13-19(24-25-20)17-9-5-7-14-6-3-4-8-16(14)17/h3-12,19-20,24-25H,13H2,1-2H3,(H,23,26). The molecule has 28 heavy (non-hydrogen) atoms. The monoisotopic (exact) mass is 377 g/mol. The number of benzene rings is 3. The summed E-state index contributed by atoms with van der Waals surface area (Å²) in [5, 5.41) is 5.33. The van der Waals surface area contributed by atoms with Gasteiger partial charge < -0.3 is 14.8 Å². The maximum atomic E-state index is 12.8. The Labute approximate surface area is 163 Å². The minimum atomic E-state index is -0.351. The summed E-state index contributed by atoms with van der Waals surface area (Å²) in [5.41, 5.74) is 8.19. The lowest BCUT2D eigenvalue weighted by molar-refractivity contribution is -0.117. The SMILES string of the molecule is COc1ccc(NC(=O)C2CC(c3cccc4ccccc34)NN2)c(OC)c1. The lowest BCUT2D eigenvalue weighted by atomic mass is 9.96. The topological polar surface area (TPSA) is 71.6 Å². The summed E-state index contributed by atoms with van der Waals surface area (Å²) >= 11 is 0. The first-order valence-electron chi connectivity index (χ1n) is 9.21. The third-order valence-corrected chi connectivity index (χ3v) is 5.09. The van der Waals surface area contributed by atoms with E-state index < -0.39 is 0 Å². The Balaban J connectivity index is 1.49. The van der Waals surface area contributed by atoms with Crippen molar-refractivity contribution in [2.75, 3.05) is 19.5 Å². The van der Waals surface area contributed by atoms with Gasteiger partial charge in [0.25, 0.3) is 0 Å². The molecule has 3 N–H and O–H groups in total. The number of amides is 1. The van der Waals surface area contributed by atoms with E-state index in [4.69, 9.17) is 9.47 Å². The van der Waals surface area contributed by atoms with E-state index in [-0.39, 0.29) is 18.0 Å². The first-order chi connectivity index (χ1) is 13.7. The van der Waals surface area contributed by atoms with Crippen LogP contribution >= 0.6 is 0 Å². The van der Waals surface area contributed by atoms with E-state index in [0.717, 1.165) is 0 Å². The Morgan fingerprint density at radius 2 is 1.82 bits per heavy atom. The van der Waals surface area contributed by atoms with Crippen LogP contribution < -0.4 is 25.6 Å². The van der Waals surface area contributed by atoms with Crippen molar-refractivity contribution in [2.45, 2.75) is 18.5 Å². The van der Waals surface area contributed by atoms with Gasteiger partial charge in [-0.05, 0) is 34.9 Å². The number of methoxy groups -OCH3 is 2. The maximum absolute atomic E-state index is 12.8. The van der Waals surface area contributed by atoms with Gasteiger partial charge in [0.1, 0.15) is 17.5 Å². The summed E-state index contributed by atoms with van der Waals surface area (Å²) in [6.07, 6.45) is 0.651. The van der Waals surface area contributed by atoms with E-state index >= 15 is 0 Å². The zero-order valence-corrected chi connectivity index (χ0v) is 15.9. The molecule has 144 valence electrons. The second-order valence-corrected chi connectivity index (χ2v) is 6.75. The molecular formula is C22H23N3O3. The van der Waals surface area contributed by atoms with Gasteiger partial charge in [-0.25, -0.2) is 10.9 Å². The molecule has 1 aliphatic rings. The fraction of sp³-hybridized carbons (Fsp3) is 0.227. The Bertz CT molecular complexity index is 1000. The lowest BCUT2D eigenvalue weighted by Gasteiger charge is -2.14. The molecule has 2 unspecified atom stereocenters. The average Bonchev–Trinajstić information content (AvgIpc) is 3.24. The number of hydrogen-bond donors (Lipinski definition) is 3. The molecule has 1 heterocycles. The molecule has 0 aromatic heterocycles. The van der Waals surface area contributed by atoms with E-state index in [0.29, 0.717) is 23.6 Å². The molecule has 4 rings (SSSR count). The van der Waals surface area contributed by atoms with Crippen LogP contribution in [0.4, 0.5) is 5.69 Å². The molecule has 6 heteroatoms. The van der Waals surface area contributed by atoms with Crippen molar-refractivity contribution in [3.8, 4) is 11.5 Å². The molecule has 2 atom stereocenters. The van der Waals surface area contributed by atoms with Crippen LogP contribution in [0.15, 0.2) is 60.7 Å². The fourth-order valence-electron chi connectivity index (χ4n) is 3.61. The number of carbonyl (C=O) groups is 1. The number of hydrazine groups is 1. The first-order valence-corrected chi connectivity index (χ1v) is 9.21. The van der Waals surface area contributed by atoms with Crippen molar-refractivity contribution in [1.82, 2.24) is 10.9 Å².